The van der Waals surface area contributed by atoms with Crippen molar-refractivity contribution in [3.05, 3.63) is 16.3 Å². The molecule has 7 heteroatoms. The van der Waals surface area contributed by atoms with E-state index >= 15 is 0 Å². The third-order valence-corrected chi connectivity index (χ3v) is 4.08. The van der Waals surface area contributed by atoms with Gasteiger partial charge in [0.05, 0.1) is 4.92 Å². The van der Waals surface area contributed by atoms with Gasteiger partial charge in [-0.3, -0.25) is 14.8 Å². The predicted molar refractivity (Wildman–Crippen MR) is 75.9 cm³/mol. The van der Waals surface area contributed by atoms with E-state index in [2.05, 4.69) is 15.3 Å². The van der Waals surface area contributed by atoms with Crippen LogP contribution in [0.2, 0.25) is 0 Å². The van der Waals surface area contributed by atoms with Crippen molar-refractivity contribution in [1.29, 1.82) is 0 Å². The number of hydrogen-bond donors (Lipinski definition) is 1. The maximum Gasteiger partial charge on any atom is 0.330 e. The quantitative estimate of drug-likeness (QED) is 0.652. The van der Waals surface area contributed by atoms with E-state index in [0.717, 1.165) is 32.4 Å². The SMILES string of the molecule is Cn1cc([N+](=O)[O-])c(N(CC2CCCCN2)C2CC2)n1. The van der Waals surface area contributed by atoms with Crippen LogP contribution in [0.25, 0.3) is 0 Å². The molecule has 110 valence electrons. The van der Waals surface area contributed by atoms with Gasteiger partial charge in [0.15, 0.2) is 0 Å². The van der Waals surface area contributed by atoms with E-state index in [4.69, 9.17) is 0 Å². The van der Waals surface area contributed by atoms with Gasteiger partial charge in [-0.1, -0.05) is 6.42 Å². The van der Waals surface area contributed by atoms with Crippen LogP contribution in [0.5, 0.6) is 0 Å². The Hall–Kier alpha value is -1.63. The molecule has 0 spiro atoms. The predicted octanol–water partition coefficient (Wildman–Crippen LogP) is 1.44. The van der Waals surface area contributed by atoms with Crippen LogP contribution >= 0.6 is 0 Å². The van der Waals surface area contributed by atoms with Gasteiger partial charge in [-0.25, -0.2) is 0 Å². The molecular weight excluding hydrogens is 258 g/mol. The summed E-state index contributed by atoms with van der Waals surface area (Å²) in [5.74, 6) is 0.535. The number of nitrogens with one attached hydrogen (secondary N) is 1. The molecule has 2 aliphatic rings. The Balaban J connectivity index is 1.81. The highest BCUT2D eigenvalue weighted by Gasteiger charge is 2.36. The van der Waals surface area contributed by atoms with Crippen LogP contribution in [0.3, 0.4) is 0 Å². The average molecular weight is 279 g/mol. The van der Waals surface area contributed by atoms with E-state index in [9.17, 15) is 10.1 Å². The van der Waals surface area contributed by atoms with Crippen LogP contribution in [0.15, 0.2) is 6.20 Å². The number of nitrogens with zero attached hydrogens (tertiary/aromatic N) is 4. The third kappa shape index (κ3) is 2.77. The monoisotopic (exact) mass is 279 g/mol. The van der Waals surface area contributed by atoms with Crippen LogP contribution in [-0.4, -0.2) is 39.9 Å². The number of anilines is 1. The van der Waals surface area contributed by atoms with Crippen LogP contribution in [0.1, 0.15) is 32.1 Å². The summed E-state index contributed by atoms with van der Waals surface area (Å²) >= 11 is 0. The number of aryl methyl sites for hydroxylation is 1. The van der Waals surface area contributed by atoms with Gasteiger partial charge in [0.25, 0.3) is 0 Å². The molecule has 1 N–H and O–H groups in total. The van der Waals surface area contributed by atoms with Crippen molar-refractivity contribution >= 4 is 11.5 Å². The molecule has 1 unspecified atom stereocenters. The first kappa shape index (κ1) is 13.4. The van der Waals surface area contributed by atoms with Crippen molar-refractivity contribution in [2.24, 2.45) is 7.05 Å². The Bertz CT molecular complexity index is 491. The molecule has 0 aromatic carbocycles. The highest BCUT2D eigenvalue weighted by atomic mass is 16.6. The highest BCUT2D eigenvalue weighted by molar-refractivity contribution is 5.58. The summed E-state index contributed by atoms with van der Waals surface area (Å²) < 4.78 is 1.54. The number of nitro groups is 1. The van der Waals surface area contributed by atoms with Gasteiger partial charge in [0.1, 0.15) is 6.20 Å². The number of rotatable bonds is 5. The molecule has 1 aliphatic carbocycles. The summed E-state index contributed by atoms with van der Waals surface area (Å²) in [6, 6.07) is 0.846. The van der Waals surface area contributed by atoms with Crippen LogP contribution < -0.4 is 10.2 Å². The zero-order chi connectivity index (χ0) is 14.1. The maximum atomic E-state index is 11.2. The second kappa shape index (κ2) is 5.40. The Morgan fingerprint density at radius 3 is 2.90 bits per heavy atom. The lowest BCUT2D eigenvalue weighted by atomic mass is 10.0. The fourth-order valence-electron chi connectivity index (χ4n) is 2.91. The zero-order valence-electron chi connectivity index (χ0n) is 11.8. The van der Waals surface area contributed by atoms with Crippen LogP contribution in [0.4, 0.5) is 11.5 Å². The Labute approximate surface area is 118 Å². The summed E-state index contributed by atoms with van der Waals surface area (Å²) in [5, 5.41) is 19.0. The smallest absolute Gasteiger partial charge is 0.330 e. The largest absolute Gasteiger partial charge is 0.345 e. The molecule has 1 saturated heterocycles. The van der Waals surface area contributed by atoms with Gasteiger partial charge in [-0.15, -0.1) is 5.10 Å². The number of aromatic nitrogens is 2. The van der Waals surface area contributed by atoms with Gasteiger partial charge in [-0.2, -0.15) is 0 Å². The second-order valence-electron chi connectivity index (χ2n) is 5.80. The van der Waals surface area contributed by atoms with Gasteiger partial charge in [0.2, 0.25) is 5.82 Å². The van der Waals surface area contributed by atoms with Crippen molar-refractivity contribution in [1.82, 2.24) is 15.1 Å². The molecule has 3 rings (SSSR count). The van der Waals surface area contributed by atoms with E-state index in [0.29, 0.717) is 17.9 Å². The first-order valence-electron chi connectivity index (χ1n) is 7.33. The van der Waals surface area contributed by atoms with E-state index in [1.165, 1.54) is 23.7 Å². The summed E-state index contributed by atoms with van der Waals surface area (Å²) in [6.45, 7) is 1.87. The topological polar surface area (TPSA) is 76.2 Å². The van der Waals surface area contributed by atoms with Crippen LogP contribution in [-0.2, 0) is 7.05 Å². The van der Waals surface area contributed by atoms with E-state index in [-0.39, 0.29) is 10.6 Å². The Kier molecular flexibility index (Phi) is 3.60. The summed E-state index contributed by atoms with van der Waals surface area (Å²) in [7, 11) is 1.74. The molecule has 0 amide bonds. The first-order valence-corrected chi connectivity index (χ1v) is 7.33. The number of hydrogen-bond acceptors (Lipinski definition) is 5. The molecule has 20 heavy (non-hydrogen) atoms. The standard InChI is InChI=1S/C13H21N5O2/c1-16-9-12(18(19)20)13(15-16)17(11-5-6-11)8-10-4-2-3-7-14-10/h9-11,14H,2-8H2,1H3. The van der Waals surface area contributed by atoms with Gasteiger partial charge in [-0.05, 0) is 32.2 Å². The second-order valence-corrected chi connectivity index (χ2v) is 5.80. The van der Waals surface area contributed by atoms with Gasteiger partial charge >= 0.3 is 5.69 Å². The lowest BCUT2D eigenvalue weighted by molar-refractivity contribution is -0.384. The molecule has 0 radical (unpaired) electrons. The fourth-order valence-corrected chi connectivity index (χ4v) is 2.91. The van der Waals surface area contributed by atoms with Gasteiger partial charge in [0, 0.05) is 25.7 Å². The van der Waals surface area contributed by atoms with E-state index < -0.39 is 0 Å². The molecular formula is C13H21N5O2. The lowest BCUT2D eigenvalue weighted by Crippen LogP contribution is -2.44. The lowest BCUT2D eigenvalue weighted by Gasteiger charge is -2.30. The third-order valence-electron chi connectivity index (χ3n) is 4.08. The first-order chi connectivity index (χ1) is 9.65. The van der Waals surface area contributed by atoms with Gasteiger partial charge < -0.3 is 10.2 Å². The van der Waals surface area contributed by atoms with Crippen LogP contribution in [0, 0.1) is 10.1 Å². The Morgan fingerprint density at radius 2 is 2.30 bits per heavy atom. The molecule has 1 atom stereocenters. The summed E-state index contributed by atoms with van der Waals surface area (Å²) in [6.07, 6.45) is 7.33. The van der Waals surface area contributed by atoms with Crippen molar-refractivity contribution in [2.45, 2.75) is 44.2 Å². The summed E-state index contributed by atoms with van der Waals surface area (Å²) in [4.78, 5) is 13.0. The van der Waals surface area contributed by atoms with Crippen molar-refractivity contribution in [3.63, 3.8) is 0 Å². The number of piperidine rings is 1. The van der Waals surface area contributed by atoms with Crippen molar-refractivity contribution in [3.8, 4) is 0 Å². The van der Waals surface area contributed by atoms with E-state index in [1.807, 2.05) is 0 Å². The molecule has 7 nitrogen and oxygen atoms in total. The molecule has 1 aliphatic heterocycles. The van der Waals surface area contributed by atoms with E-state index in [1.54, 1.807) is 7.05 Å². The molecule has 1 saturated carbocycles. The van der Waals surface area contributed by atoms with Crippen molar-refractivity contribution in [2.75, 3.05) is 18.0 Å². The molecule has 1 aromatic heterocycles. The minimum atomic E-state index is -0.327. The highest BCUT2D eigenvalue weighted by Crippen LogP contribution is 2.36. The molecule has 0 bridgehead atoms. The zero-order valence-corrected chi connectivity index (χ0v) is 11.8. The van der Waals surface area contributed by atoms with Crippen molar-refractivity contribution < 1.29 is 4.92 Å². The maximum absolute atomic E-state index is 11.2. The molecule has 2 heterocycles. The fraction of sp³-hybridized carbons (Fsp3) is 0.769. The normalized spacial score (nSPS) is 22.8. The average Bonchev–Trinajstić information content (AvgIpc) is 3.19. The molecule has 1 aromatic rings. The summed E-state index contributed by atoms with van der Waals surface area (Å²) in [5.41, 5.74) is 0.121. The Morgan fingerprint density at radius 1 is 1.50 bits per heavy atom. The minimum Gasteiger partial charge on any atom is -0.345 e. The molecule has 2 fully saturated rings. The minimum absolute atomic E-state index is 0.121.